The summed E-state index contributed by atoms with van der Waals surface area (Å²) in [4.78, 5) is 14.3. The van der Waals surface area contributed by atoms with Crippen LogP contribution in [0.5, 0.6) is 17.2 Å². The zero-order chi connectivity index (χ0) is 16.0. The van der Waals surface area contributed by atoms with E-state index in [1.165, 1.54) is 0 Å². The maximum Gasteiger partial charge on any atom is 0.328 e. The molecule has 0 saturated carbocycles. The molecule has 1 rings (SSSR count). The first-order valence-corrected chi connectivity index (χ1v) is 7.16. The van der Waals surface area contributed by atoms with Gasteiger partial charge in [0, 0.05) is 0 Å². The van der Waals surface area contributed by atoms with E-state index in [0.29, 0.717) is 17.2 Å². The maximum absolute atomic E-state index is 12.3. The fourth-order valence-corrected chi connectivity index (χ4v) is 2.22. The molecule has 1 atom stereocenters. The summed E-state index contributed by atoms with van der Waals surface area (Å²) in [7, 11) is 3.08. The average Bonchev–Trinajstić information content (AvgIpc) is 2.49. The highest BCUT2D eigenvalue weighted by Gasteiger charge is 2.24. The van der Waals surface area contributed by atoms with Crippen LogP contribution in [0.3, 0.4) is 0 Å². The van der Waals surface area contributed by atoms with Gasteiger partial charge in [0.2, 0.25) is 5.75 Å². The first-order chi connectivity index (χ1) is 9.98. The smallest absolute Gasteiger partial charge is 0.328 e. The van der Waals surface area contributed by atoms with E-state index in [0.717, 1.165) is 18.7 Å². The van der Waals surface area contributed by atoms with Crippen LogP contribution in [0.15, 0.2) is 12.1 Å². The number of ether oxygens (including phenoxy) is 3. The van der Waals surface area contributed by atoms with E-state index in [1.54, 1.807) is 14.2 Å². The van der Waals surface area contributed by atoms with Crippen molar-refractivity contribution in [2.45, 2.75) is 33.7 Å². The summed E-state index contributed by atoms with van der Waals surface area (Å²) in [5, 5.41) is 0. The van der Waals surface area contributed by atoms with Crippen molar-refractivity contribution < 1.29 is 19.0 Å². The lowest BCUT2D eigenvalue weighted by molar-refractivity contribution is -0.139. The number of benzene rings is 1. The van der Waals surface area contributed by atoms with Gasteiger partial charge in [0.25, 0.3) is 0 Å². The molecule has 1 aromatic rings. The van der Waals surface area contributed by atoms with Crippen molar-refractivity contribution in [3.8, 4) is 17.2 Å². The monoisotopic (exact) mass is 331 g/mol. The molecule has 0 spiro atoms. The van der Waals surface area contributed by atoms with Gasteiger partial charge in [0.1, 0.15) is 6.04 Å². The van der Waals surface area contributed by atoms with Crippen LogP contribution in [-0.4, -0.2) is 44.2 Å². The van der Waals surface area contributed by atoms with Crippen molar-refractivity contribution >= 4 is 18.4 Å². The van der Waals surface area contributed by atoms with Gasteiger partial charge < -0.3 is 14.2 Å². The molecule has 0 heterocycles. The van der Waals surface area contributed by atoms with E-state index in [4.69, 9.17) is 14.2 Å². The second-order valence-corrected chi connectivity index (χ2v) is 4.82. The fraction of sp³-hybridized carbons (Fsp3) is 0.562. The number of methoxy groups -OCH3 is 2. The number of aryl methyl sites for hydroxylation is 1. The third-order valence-corrected chi connectivity index (χ3v) is 3.51. The van der Waals surface area contributed by atoms with E-state index in [2.05, 4.69) is 0 Å². The van der Waals surface area contributed by atoms with Crippen molar-refractivity contribution in [2.75, 3.05) is 27.3 Å². The number of rotatable bonds is 7. The summed E-state index contributed by atoms with van der Waals surface area (Å²) in [5.74, 6) is 0.993. The number of carbonyl (C=O) groups is 1. The van der Waals surface area contributed by atoms with Gasteiger partial charge in [0.05, 0.1) is 14.2 Å². The fourth-order valence-electron chi connectivity index (χ4n) is 2.22. The Balaban J connectivity index is 0.00000441. The molecule has 0 aliphatic carbocycles. The molecule has 5 nitrogen and oxygen atoms in total. The molecule has 0 aliphatic heterocycles. The molecule has 0 fully saturated rings. The summed E-state index contributed by atoms with van der Waals surface area (Å²) >= 11 is 0. The molecular weight excluding hydrogens is 306 g/mol. The SMILES string of the molecule is CCN(CC)C(C)C(=O)Oc1c(OC)cc(C)cc1OC.Cl. The third kappa shape index (κ3) is 4.78. The molecular formula is C16H26ClNO4. The molecule has 0 radical (unpaired) electrons. The van der Waals surface area contributed by atoms with E-state index in [-0.39, 0.29) is 24.4 Å². The molecule has 0 N–H and O–H groups in total. The molecule has 6 heteroatoms. The largest absolute Gasteiger partial charge is 0.493 e. The molecule has 0 bridgehead atoms. The van der Waals surface area contributed by atoms with E-state index >= 15 is 0 Å². The number of likely N-dealkylation sites (N-methyl/N-ethyl adjacent to an activating group) is 1. The van der Waals surface area contributed by atoms with Gasteiger partial charge >= 0.3 is 5.97 Å². The second kappa shape index (κ2) is 9.54. The number of hydrogen-bond acceptors (Lipinski definition) is 5. The summed E-state index contributed by atoms with van der Waals surface area (Å²) in [6.07, 6.45) is 0. The molecule has 0 saturated heterocycles. The van der Waals surface area contributed by atoms with E-state index in [9.17, 15) is 4.79 Å². The van der Waals surface area contributed by atoms with Gasteiger partial charge in [0.15, 0.2) is 11.5 Å². The third-order valence-electron chi connectivity index (χ3n) is 3.51. The molecule has 1 aromatic carbocycles. The van der Waals surface area contributed by atoms with Crippen LogP contribution in [0.4, 0.5) is 0 Å². The molecule has 126 valence electrons. The van der Waals surface area contributed by atoms with Gasteiger partial charge in [-0.1, -0.05) is 13.8 Å². The van der Waals surface area contributed by atoms with Crippen LogP contribution in [0.2, 0.25) is 0 Å². The molecule has 0 aromatic heterocycles. The van der Waals surface area contributed by atoms with Crippen LogP contribution < -0.4 is 14.2 Å². The second-order valence-electron chi connectivity index (χ2n) is 4.82. The zero-order valence-electron chi connectivity index (χ0n) is 14.1. The minimum atomic E-state index is -0.323. The highest BCUT2D eigenvalue weighted by molar-refractivity contribution is 5.85. The highest BCUT2D eigenvalue weighted by atomic mass is 35.5. The lowest BCUT2D eigenvalue weighted by Crippen LogP contribution is -2.41. The highest BCUT2D eigenvalue weighted by Crippen LogP contribution is 2.38. The first-order valence-electron chi connectivity index (χ1n) is 7.16. The lowest BCUT2D eigenvalue weighted by Gasteiger charge is -2.25. The Bertz CT molecular complexity index is 464. The van der Waals surface area contributed by atoms with Gasteiger partial charge in [-0.25, -0.2) is 4.79 Å². The number of carbonyl (C=O) groups excluding carboxylic acids is 1. The zero-order valence-corrected chi connectivity index (χ0v) is 15.0. The predicted octanol–water partition coefficient (Wildman–Crippen LogP) is 3.07. The summed E-state index contributed by atoms with van der Waals surface area (Å²) < 4.78 is 16.1. The Kier molecular flexibility index (Phi) is 8.90. The standard InChI is InChI=1S/C16H25NO4.ClH/c1-7-17(8-2)12(4)16(18)21-15-13(19-5)9-11(3)10-14(15)20-6;/h9-10,12H,7-8H2,1-6H3;1H. The molecule has 22 heavy (non-hydrogen) atoms. The Labute approximate surface area is 138 Å². The number of nitrogens with zero attached hydrogens (tertiary/aromatic N) is 1. The van der Waals surface area contributed by atoms with Crippen LogP contribution in [0, 0.1) is 6.92 Å². The number of halogens is 1. The van der Waals surface area contributed by atoms with Gasteiger partial charge in [-0.2, -0.15) is 0 Å². The summed E-state index contributed by atoms with van der Waals surface area (Å²) in [6, 6.07) is 3.30. The normalized spacial score (nSPS) is 11.6. The summed E-state index contributed by atoms with van der Waals surface area (Å²) in [6.45, 7) is 9.36. The average molecular weight is 332 g/mol. The molecule has 1 unspecified atom stereocenters. The van der Waals surface area contributed by atoms with E-state index < -0.39 is 0 Å². The minimum Gasteiger partial charge on any atom is -0.493 e. The summed E-state index contributed by atoms with van der Waals surface area (Å²) in [5.41, 5.74) is 0.972. The van der Waals surface area contributed by atoms with Crippen molar-refractivity contribution in [3.05, 3.63) is 17.7 Å². The minimum absolute atomic E-state index is 0. The van der Waals surface area contributed by atoms with Gasteiger partial charge in [-0.05, 0) is 44.6 Å². The van der Waals surface area contributed by atoms with Gasteiger partial charge in [-0.3, -0.25) is 4.90 Å². The van der Waals surface area contributed by atoms with Crippen LogP contribution in [0.25, 0.3) is 0 Å². The Morgan fingerprint density at radius 3 is 1.95 bits per heavy atom. The van der Waals surface area contributed by atoms with Crippen molar-refractivity contribution in [3.63, 3.8) is 0 Å². The van der Waals surface area contributed by atoms with Crippen molar-refractivity contribution in [2.24, 2.45) is 0 Å². The maximum atomic E-state index is 12.3. The van der Waals surface area contributed by atoms with E-state index in [1.807, 2.05) is 44.7 Å². The lowest BCUT2D eigenvalue weighted by atomic mass is 10.2. The van der Waals surface area contributed by atoms with Crippen molar-refractivity contribution in [1.82, 2.24) is 4.90 Å². The van der Waals surface area contributed by atoms with Crippen LogP contribution in [0.1, 0.15) is 26.3 Å². The predicted molar refractivity (Wildman–Crippen MR) is 89.5 cm³/mol. The molecule has 0 aliphatic rings. The number of hydrogen-bond donors (Lipinski definition) is 0. The Morgan fingerprint density at radius 1 is 1.14 bits per heavy atom. The van der Waals surface area contributed by atoms with Crippen LogP contribution in [-0.2, 0) is 4.79 Å². The Morgan fingerprint density at radius 2 is 1.59 bits per heavy atom. The van der Waals surface area contributed by atoms with Gasteiger partial charge in [-0.15, -0.1) is 12.4 Å². The quantitative estimate of drug-likeness (QED) is 0.567. The molecule has 0 amide bonds. The topological polar surface area (TPSA) is 48.0 Å². The van der Waals surface area contributed by atoms with Crippen molar-refractivity contribution in [1.29, 1.82) is 0 Å². The van der Waals surface area contributed by atoms with Crippen LogP contribution >= 0.6 is 12.4 Å². The first kappa shape index (κ1) is 20.5. The number of esters is 1. The Hall–Kier alpha value is -1.46.